The molecule has 1 aromatic heterocycles. The summed E-state index contributed by atoms with van der Waals surface area (Å²) < 4.78 is 0. The minimum atomic E-state index is -0.897. The summed E-state index contributed by atoms with van der Waals surface area (Å²) in [6.45, 7) is 6.37. The quantitative estimate of drug-likeness (QED) is 0.879. The normalized spacial score (nSPS) is 22.3. The number of rotatable bonds is 3. The fourth-order valence-electron chi connectivity index (χ4n) is 4.34. The van der Waals surface area contributed by atoms with Crippen molar-refractivity contribution < 1.29 is 9.59 Å². The van der Waals surface area contributed by atoms with E-state index in [4.69, 9.17) is 4.98 Å². The molecule has 1 spiro atoms. The molecule has 7 nitrogen and oxygen atoms in total. The lowest BCUT2D eigenvalue weighted by Crippen LogP contribution is -2.59. The van der Waals surface area contributed by atoms with Gasteiger partial charge in [-0.3, -0.25) is 9.59 Å². The van der Waals surface area contributed by atoms with E-state index in [9.17, 15) is 9.59 Å². The number of hydrogen-bond donors (Lipinski definition) is 1. The fourth-order valence-corrected chi connectivity index (χ4v) is 4.34. The second-order valence-corrected chi connectivity index (χ2v) is 8.36. The predicted octanol–water partition coefficient (Wildman–Crippen LogP) is 1.26. The van der Waals surface area contributed by atoms with Crippen molar-refractivity contribution in [1.29, 1.82) is 0 Å². The van der Waals surface area contributed by atoms with Crippen LogP contribution in [0.3, 0.4) is 0 Å². The van der Waals surface area contributed by atoms with Gasteiger partial charge in [0.15, 0.2) is 0 Å². The van der Waals surface area contributed by atoms with Gasteiger partial charge in [0.25, 0.3) is 0 Å². The molecule has 1 fully saturated rings. The van der Waals surface area contributed by atoms with E-state index >= 15 is 0 Å². The molecule has 1 unspecified atom stereocenters. The van der Waals surface area contributed by atoms with Crippen molar-refractivity contribution >= 4 is 17.8 Å². The van der Waals surface area contributed by atoms with Gasteiger partial charge in [-0.15, -0.1) is 0 Å². The number of likely N-dealkylation sites (tertiary alicyclic amines) is 1. The number of hydrogen-bond acceptors (Lipinski definition) is 5. The number of aromatic nitrogens is 2. The van der Waals surface area contributed by atoms with Crippen molar-refractivity contribution in [3.05, 3.63) is 17.5 Å². The molecule has 142 valence electrons. The highest BCUT2D eigenvalue weighted by Gasteiger charge is 2.46. The number of nitrogens with zero attached hydrogens (tertiary/aromatic N) is 4. The Kier molecular flexibility index (Phi) is 4.67. The molecule has 2 heterocycles. The van der Waals surface area contributed by atoms with Crippen LogP contribution in [0, 0.1) is 0 Å². The molecule has 26 heavy (non-hydrogen) atoms. The van der Waals surface area contributed by atoms with E-state index in [0.29, 0.717) is 12.5 Å². The molecular weight excluding hydrogens is 330 g/mol. The van der Waals surface area contributed by atoms with Crippen LogP contribution in [0.25, 0.3) is 0 Å². The van der Waals surface area contributed by atoms with Gasteiger partial charge in [0, 0.05) is 45.7 Å². The van der Waals surface area contributed by atoms with Gasteiger partial charge in [0.2, 0.25) is 17.8 Å². The van der Waals surface area contributed by atoms with E-state index in [1.54, 1.807) is 13.8 Å². The van der Waals surface area contributed by atoms with Gasteiger partial charge in [-0.05, 0) is 45.1 Å². The molecule has 2 amide bonds. The van der Waals surface area contributed by atoms with Crippen LogP contribution in [0.4, 0.5) is 5.95 Å². The summed E-state index contributed by atoms with van der Waals surface area (Å²) >= 11 is 0. The lowest BCUT2D eigenvalue weighted by Gasteiger charge is -2.43. The summed E-state index contributed by atoms with van der Waals surface area (Å²) in [4.78, 5) is 37.6. The van der Waals surface area contributed by atoms with Crippen molar-refractivity contribution in [3.8, 4) is 0 Å². The highest BCUT2D eigenvalue weighted by Crippen LogP contribution is 2.44. The topological polar surface area (TPSA) is 78.4 Å². The minimum Gasteiger partial charge on any atom is -0.347 e. The van der Waals surface area contributed by atoms with E-state index in [1.165, 1.54) is 12.5 Å². The second kappa shape index (κ2) is 6.52. The average Bonchev–Trinajstić information content (AvgIpc) is 2.90. The van der Waals surface area contributed by atoms with Crippen LogP contribution in [-0.2, 0) is 21.4 Å². The third-order valence-electron chi connectivity index (χ3n) is 5.51. The highest BCUT2D eigenvalue weighted by molar-refractivity contribution is 5.90. The monoisotopic (exact) mass is 359 g/mol. The van der Waals surface area contributed by atoms with E-state index in [1.807, 2.05) is 30.1 Å². The summed E-state index contributed by atoms with van der Waals surface area (Å²) in [6, 6.07) is 0. The Morgan fingerprint density at radius 3 is 2.69 bits per heavy atom. The van der Waals surface area contributed by atoms with Crippen molar-refractivity contribution in [2.45, 2.75) is 57.4 Å². The number of aryl methyl sites for hydroxylation is 1. The fraction of sp³-hybridized carbons (Fsp3) is 0.684. The molecule has 0 aromatic carbocycles. The zero-order valence-corrected chi connectivity index (χ0v) is 16.4. The number of anilines is 1. The molecule has 1 aliphatic carbocycles. The summed E-state index contributed by atoms with van der Waals surface area (Å²) in [7, 11) is 3.88. The maximum Gasteiger partial charge on any atom is 0.247 e. The first-order valence-corrected chi connectivity index (χ1v) is 9.26. The van der Waals surface area contributed by atoms with Gasteiger partial charge in [-0.2, -0.15) is 0 Å². The van der Waals surface area contributed by atoms with Crippen LogP contribution < -0.4 is 10.2 Å². The largest absolute Gasteiger partial charge is 0.347 e. The van der Waals surface area contributed by atoms with Gasteiger partial charge in [0.05, 0.1) is 5.69 Å². The number of fused-ring (bicyclic) bond motifs is 2. The zero-order chi connectivity index (χ0) is 19.1. The van der Waals surface area contributed by atoms with Crippen molar-refractivity contribution in [3.63, 3.8) is 0 Å². The molecule has 1 aromatic rings. The molecule has 7 heteroatoms. The third kappa shape index (κ3) is 3.27. The molecule has 1 atom stereocenters. The van der Waals surface area contributed by atoms with E-state index in [0.717, 1.165) is 37.9 Å². The molecule has 0 saturated carbocycles. The summed E-state index contributed by atoms with van der Waals surface area (Å²) in [6.07, 6.45) is 5.88. The first-order chi connectivity index (χ1) is 12.1. The van der Waals surface area contributed by atoms with Crippen molar-refractivity contribution in [2.75, 3.05) is 32.1 Å². The zero-order valence-electron chi connectivity index (χ0n) is 16.4. The standard InChI is InChI=1S/C19H29N5O2/c1-13(25)22-18(2,3)16(26)24-10-6-8-19(12-24)9-7-14-11-20-17(23(4)5)21-15(14)19/h11H,6-10,12H2,1-5H3,(H,22,25). The Bertz CT molecular complexity index is 727. The Morgan fingerprint density at radius 1 is 1.31 bits per heavy atom. The molecule has 0 bridgehead atoms. The van der Waals surface area contributed by atoms with Crippen molar-refractivity contribution in [1.82, 2.24) is 20.2 Å². The molecule has 1 saturated heterocycles. The summed E-state index contributed by atoms with van der Waals surface area (Å²) in [5, 5.41) is 2.78. The number of carbonyl (C=O) groups excluding carboxylic acids is 2. The van der Waals surface area contributed by atoms with Gasteiger partial charge in [0.1, 0.15) is 5.54 Å². The predicted molar refractivity (Wildman–Crippen MR) is 100 cm³/mol. The van der Waals surface area contributed by atoms with Crippen LogP contribution in [0.1, 0.15) is 51.3 Å². The van der Waals surface area contributed by atoms with E-state index in [-0.39, 0.29) is 17.2 Å². The lowest BCUT2D eigenvalue weighted by atomic mass is 9.77. The van der Waals surface area contributed by atoms with Gasteiger partial charge >= 0.3 is 0 Å². The maximum atomic E-state index is 13.1. The first kappa shape index (κ1) is 18.6. The molecule has 1 aliphatic heterocycles. The maximum absolute atomic E-state index is 13.1. The Labute approximate surface area is 155 Å². The van der Waals surface area contributed by atoms with Gasteiger partial charge in [-0.25, -0.2) is 9.97 Å². The Balaban J connectivity index is 1.87. The summed E-state index contributed by atoms with van der Waals surface area (Å²) in [5.41, 5.74) is 1.31. The lowest BCUT2D eigenvalue weighted by molar-refractivity contribution is -0.142. The SMILES string of the molecule is CC(=O)NC(C)(C)C(=O)N1CCCC2(CCc3cnc(N(C)C)nc32)C1. The first-order valence-electron chi connectivity index (χ1n) is 9.26. The number of nitrogens with one attached hydrogen (secondary N) is 1. The number of amides is 2. The van der Waals surface area contributed by atoms with Crippen LogP contribution in [0.5, 0.6) is 0 Å². The molecule has 3 rings (SSSR count). The highest BCUT2D eigenvalue weighted by atomic mass is 16.2. The van der Waals surface area contributed by atoms with Crippen molar-refractivity contribution in [2.24, 2.45) is 0 Å². The van der Waals surface area contributed by atoms with Crippen LogP contribution in [0.2, 0.25) is 0 Å². The van der Waals surface area contributed by atoms with Crippen LogP contribution in [-0.4, -0.2) is 59.4 Å². The molecule has 2 aliphatic rings. The molecular formula is C19H29N5O2. The smallest absolute Gasteiger partial charge is 0.247 e. The Hall–Kier alpha value is -2.18. The number of piperidine rings is 1. The second-order valence-electron chi connectivity index (χ2n) is 8.36. The Morgan fingerprint density at radius 2 is 2.04 bits per heavy atom. The minimum absolute atomic E-state index is 0.0258. The van der Waals surface area contributed by atoms with Gasteiger partial charge in [-0.1, -0.05) is 0 Å². The average molecular weight is 359 g/mol. The molecule has 0 radical (unpaired) electrons. The molecule has 1 N–H and O–H groups in total. The van der Waals surface area contributed by atoms with E-state index < -0.39 is 5.54 Å². The third-order valence-corrected chi connectivity index (χ3v) is 5.51. The van der Waals surface area contributed by atoms with Gasteiger partial charge < -0.3 is 15.1 Å². The summed E-state index contributed by atoms with van der Waals surface area (Å²) in [5.74, 6) is 0.499. The number of carbonyl (C=O) groups is 2. The van der Waals surface area contributed by atoms with Crippen LogP contribution in [0.15, 0.2) is 6.20 Å². The van der Waals surface area contributed by atoms with E-state index in [2.05, 4.69) is 10.3 Å². The van der Waals surface area contributed by atoms with Crippen LogP contribution >= 0.6 is 0 Å².